The van der Waals surface area contributed by atoms with Gasteiger partial charge in [0.1, 0.15) is 11.4 Å². The number of aliphatic imine (C=N–C) groups is 1. The zero-order chi connectivity index (χ0) is 20.5. The molecule has 1 spiro atoms. The summed E-state index contributed by atoms with van der Waals surface area (Å²) in [6.45, 7) is 0.869. The standard InChI is InChI=1S/C23H35N3O3/c1-24-22(25-16-10-4-3-5-13-21(27)28-2)26-19-17-23(14-8-9-15-23)29-20-12-7-6-11-18(19)20/h6-7,11-12,19H,3-5,8-10,13-17H2,1-2H3,(H2,24,25,26). The number of hydrogen-bond acceptors (Lipinski definition) is 4. The molecule has 1 aromatic carbocycles. The number of benzene rings is 1. The first-order valence-electron chi connectivity index (χ1n) is 11.0. The van der Waals surface area contributed by atoms with Crippen molar-refractivity contribution in [3.8, 4) is 5.75 Å². The molecule has 0 radical (unpaired) electrons. The fourth-order valence-corrected chi connectivity index (χ4v) is 4.49. The molecule has 1 heterocycles. The number of hydrogen-bond donors (Lipinski definition) is 2. The number of nitrogens with zero attached hydrogens (tertiary/aromatic N) is 1. The average molecular weight is 402 g/mol. The maximum absolute atomic E-state index is 11.1. The van der Waals surface area contributed by atoms with Gasteiger partial charge in [-0.3, -0.25) is 9.79 Å². The van der Waals surface area contributed by atoms with Gasteiger partial charge < -0.3 is 20.1 Å². The molecule has 1 fully saturated rings. The van der Waals surface area contributed by atoms with Gasteiger partial charge in [-0.2, -0.15) is 0 Å². The molecule has 1 atom stereocenters. The minimum absolute atomic E-state index is 0.0233. The molecular formula is C23H35N3O3. The molecule has 29 heavy (non-hydrogen) atoms. The Labute approximate surface area is 174 Å². The molecule has 1 aromatic rings. The van der Waals surface area contributed by atoms with E-state index in [2.05, 4.69) is 44.6 Å². The van der Waals surface area contributed by atoms with Gasteiger partial charge in [0.25, 0.3) is 0 Å². The SMILES string of the molecule is CN=C(NCCCCCCC(=O)OC)NC1CC2(CCCC2)Oc2ccccc21. The van der Waals surface area contributed by atoms with Crippen LogP contribution in [0.15, 0.2) is 29.3 Å². The van der Waals surface area contributed by atoms with Crippen LogP contribution in [-0.2, 0) is 9.53 Å². The monoisotopic (exact) mass is 401 g/mol. The highest BCUT2D eigenvalue weighted by atomic mass is 16.5. The molecule has 1 aliphatic carbocycles. The van der Waals surface area contributed by atoms with E-state index in [1.807, 2.05) is 7.05 Å². The summed E-state index contributed by atoms with van der Waals surface area (Å²) in [4.78, 5) is 15.6. The van der Waals surface area contributed by atoms with Crippen molar-refractivity contribution in [2.24, 2.45) is 4.99 Å². The van der Waals surface area contributed by atoms with Crippen LogP contribution in [0.5, 0.6) is 5.75 Å². The van der Waals surface area contributed by atoms with Crippen LogP contribution in [0.25, 0.3) is 0 Å². The van der Waals surface area contributed by atoms with E-state index < -0.39 is 0 Å². The van der Waals surface area contributed by atoms with Crippen LogP contribution >= 0.6 is 0 Å². The highest BCUT2D eigenvalue weighted by molar-refractivity contribution is 5.80. The molecule has 2 aliphatic rings. The fourth-order valence-electron chi connectivity index (χ4n) is 4.49. The zero-order valence-corrected chi connectivity index (χ0v) is 17.8. The number of rotatable bonds is 8. The van der Waals surface area contributed by atoms with E-state index >= 15 is 0 Å². The van der Waals surface area contributed by atoms with E-state index in [9.17, 15) is 4.79 Å². The lowest BCUT2D eigenvalue weighted by atomic mass is 9.86. The van der Waals surface area contributed by atoms with Crippen LogP contribution in [0.1, 0.15) is 75.8 Å². The van der Waals surface area contributed by atoms with Gasteiger partial charge in [0.15, 0.2) is 5.96 Å². The van der Waals surface area contributed by atoms with Gasteiger partial charge in [-0.25, -0.2) is 0 Å². The second-order valence-electron chi connectivity index (χ2n) is 8.17. The molecule has 2 N–H and O–H groups in total. The Morgan fingerprint density at radius 1 is 1.21 bits per heavy atom. The summed E-state index contributed by atoms with van der Waals surface area (Å²) in [6, 6.07) is 8.59. The maximum atomic E-state index is 11.1. The number of carbonyl (C=O) groups is 1. The van der Waals surface area contributed by atoms with Crippen molar-refractivity contribution in [3.63, 3.8) is 0 Å². The van der Waals surface area contributed by atoms with Crippen LogP contribution in [0.2, 0.25) is 0 Å². The molecule has 1 saturated carbocycles. The number of methoxy groups -OCH3 is 1. The quantitative estimate of drug-likeness (QED) is 0.297. The molecule has 6 nitrogen and oxygen atoms in total. The minimum Gasteiger partial charge on any atom is -0.487 e. The minimum atomic E-state index is -0.121. The summed E-state index contributed by atoms with van der Waals surface area (Å²) in [5.41, 5.74) is 1.20. The number of nitrogens with one attached hydrogen (secondary N) is 2. The summed E-state index contributed by atoms with van der Waals surface area (Å²) in [5.74, 6) is 1.73. The largest absolute Gasteiger partial charge is 0.487 e. The van der Waals surface area contributed by atoms with Crippen molar-refractivity contribution in [2.75, 3.05) is 20.7 Å². The predicted molar refractivity (Wildman–Crippen MR) is 115 cm³/mol. The van der Waals surface area contributed by atoms with E-state index in [1.165, 1.54) is 25.5 Å². The number of esters is 1. The lowest BCUT2D eigenvalue weighted by Crippen LogP contribution is -2.46. The van der Waals surface area contributed by atoms with Gasteiger partial charge in [-0.05, 0) is 44.6 Å². The maximum Gasteiger partial charge on any atom is 0.305 e. The third kappa shape index (κ3) is 5.87. The van der Waals surface area contributed by atoms with Gasteiger partial charge in [0.05, 0.1) is 13.2 Å². The fraction of sp³-hybridized carbons (Fsp3) is 0.652. The Balaban J connectivity index is 1.48. The van der Waals surface area contributed by atoms with Crippen LogP contribution in [-0.4, -0.2) is 38.2 Å². The number of unbranched alkanes of at least 4 members (excludes halogenated alkanes) is 3. The lowest BCUT2D eigenvalue weighted by Gasteiger charge is -2.40. The molecule has 0 amide bonds. The van der Waals surface area contributed by atoms with Crippen molar-refractivity contribution < 1.29 is 14.3 Å². The van der Waals surface area contributed by atoms with E-state index in [4.69, 9.17) is 4.74 Å². The Bertz CT molecular complexity index is 698. The number of carbonyl (C=O) groups excluding carboxylic acids is 1. The highest BCUT2D eigenvalue weighted by Crippen LogP contribution is 2.46. The van der Waals surface area contributed by atoms with Crippen LogP contribution in [0.4, 0.5) is 0 Å². The normalized spacial score (nSPS) is 20.1. The van der Waals surface area contributed by atoms with E-state index in [1.54, 1.807) is 0 Å². The first-order chi connectivity index (χ1) is 14.2. The number of fused-ring (bicyclic) bond motifs is 1. The van der Waals surface area contributed by atoms with Gasteiger partial charge in [-0.1, -0.05) is 31.0 Å². The molecular weight excluding hydrogens is 366 g/mol. The number of para-hydroxylation sites is 1. The van der Waals surface area contributed by atoms with Crippen LogP contribution < -0.4 is 15.4 Å². The number of guanidine groups is 1. The third-order valence-electron chi connectivity index (χ3n) is 6.07. The van der Waals surface area contributed by atoms with Crippen LogP contribution in [0, 0.1) is 0 Å². The average Bonchev–Trinajstić information content (AvgIpc) is 3.18. The molecule has 0 aromatic heterocycles. The van der Waals surface area contributed by atoms with E-state index in [0.717, 1.165) is 63.2 Å². The van der Waals surface area contributed by atoms with Gasteiger partial charge in [0.2, 0.25) is 0 Å². The first-order valence-corrected chi connectivity index (χ1v) is 11.0. The molecule has 1 unspecified atom stereocenters. The summed E-state index contributed by atoms with van der Waals surface area (Å²) in [5, 5.41) is 7.08. The van der Waals surface area contributed by atoms with Gasteiger partial charge in [-0.15, -0.1) is 0 Å². The molecule has 0 saturated heterocycles. The van der Waals surface area contributed by atoms with Crippen LogP contribution in [0.3, 0.4) is 0 Å². The second kappa shape index (κ2) is 10.5. The lowest BCUT2D eigenvalue weighted by molar-refractivity contribution is -0.140. The van der Waals surface area contributed by atoms with Crippen molar-refractivity contribution in [1.29, 1.82) is 0 Å². The third-order valence-corrected chi connectivity index (χ3v) is 6.07. The summed E-state index contributed by atoms with van der Waals surface area (Å²) < 4.78 is 11.1. The first kappa shape index (κ1) is 21.5. The molecule has 160 valence electrons. The topological polar surface area (TPSA) is 72.0 Å². The van der Waals surface area contributed by atoms with Gasteiger partial charge in [0, 0.05) is 32.0 Å². The van der Waals surface area contributed by atoms with E-state index in [-0.39, 0.29) is 17.6 Å². The predicted octanol–water partition coefficient (Wildman–Crippen LogP) is 4.11. The Hall–Kier alpha value is -2.24. The molecule has 6 heteroatoms. The zero-order valence-electron chi connectivity index (χ0n) is 17.8. The highest BCUT2D eigenvalue weighted by Gasteiger charge is 2.43. The second-order valence-corrected chi connectivity index (χ2v) is 8.17. The van der Waals surface area contributed by atoms with Crippen molar-refractivity contribution in [1.82, 2.24) is 10.6 Å². The van der Waals surface area contributed by atoms with Gasteiger partial charge >= 0.3 is 5.97 Å². The number of ether oxygens (including phenoxy) is 2. The summed E-state index contributed by atoms with van der Waals surface area (Å²) in [6.07, 6.45) is 10.3. The van der Waals surface area contributed by atoms with E-state index in [0.29, 0.717) is 6.42 Å². The van der Waals surface area contributed by atoms with Crippen molar-refractivity contribution >= 4 is 11.9 Å². The smallest absolute Gasteiger partial charge is 0.305 e. The Kier molecular flexibility index (Phi) is 7.78. The van der Waals surface area contributed by atoms with Crippen molar-refractivity contribution in [2.45, 2.75) is 75.9 Å². The summed E-state index contributed by atoms with van der Waals surface area (Å²) >= 11 is 0. The Morgan fingerprint density at radius 2 is 1.97 bits per heavy atom. The van der Waals surface area contributed by atoms with Crippen molar-refractivity contribution in [3.05, 3.63) is 29.8 Å². The Morgan fingerprint density at radius 3 is 2.72 bits per heavy atom. The molecule has 1 aliphatic heterocycles. The molecule has 3 rings (SSSR count). The molecule has 0 bridgehead atoms. The summed E-state index contributed by atoms with van der Waals surface area (Å²) in [7, 11) is 3.26.